The van der Waals surface area contributed by atoms with Crippen molar-refractivity contribution in [3.05, 3.63) is 80.9 Å². The Hall–Kier alpha value is -1.52. The number of benzene rings is 2. The molecule has 25 heavy (non-hydrogen) atoms. The molecule has 2 aromatic carbocycles. The molecule has 2 nitrogen and oxygen atoms in total. The third-order valence-corrected chi connectivity index (χ3v) is 4.95. The van der Waals surface area contributed by atoms with Gasteiger partial charge in [0.15, 0.2) is 4.80 Å². The van der Waals surface area contributed by atoms with Crippen molar-refractivity contribution in [1.29, 1.82) is 0 Å². The molecule has 130 valence electrons. The van der Waals surface area contributed by atoms with E-state index in [0.717, 1.165) is 21.7 Å². The second kappa shape index (κ2) is 8.72. The molecule has 1 aromatic heterocycles. The summed E-state index contributed by atoms with van der Waals surface area (Å²) in [6, 6.07) is 13.7. The van der Waals surface area contributed by atoms with Crippen LogP contribution in [0.1, 0.15) is 5.56 Å². The fourth-order valence-electron chi connectivity index (χ4n) is 2.45. The Kier molecular flexibility index (Phi) is 6.91. The van der Waals surface area contributed by atoms with Gasteiger partial charge >= 0.3 is 0 Å². The molecular formula is C19H17Cl3N2S. The van der Waals surface area contributed by atoms with Crippen LogP contribution in [0.3, 0.4) is 0 Å². The molecule has 0 aliphatic rings. The van der Waals surface area contributed by atoms with Crippen molar-refractivity contribution < 1.29 is 0 Å². The van der Waals surface area contributed by atoms with Crippen LogP contribution in [0.15, 0.2) is 65.5 Å². The van der Waals surface area contributed by atoms with E-state index in [9.17, 15) is 0 Å². The highest BCUT2D eigenvalue weighted by atomic mass is 35.5. The summed E-state index contributed by atoms with van der Waals surface area (Å²) < 4.78 is 2.11. The van der Waals surface area contributed by atoms with Gasteiger partial charge in [-0.15, -0.1) is 30.3 Å². The topological polar surface area (TPSA) is 17.3 Å². The van der Waals surface area contributed by atoms with Crippen LogP contribution in [0.2, 0.25) is 10.0 Å². The Labute approximate surface area is 167 Å². The van der Waals surface area contributed by atoms with E-state index in [-0.39, 0.29) is 12.4 Å². The molecular weight excluding hydrogens is 395 g/mol. The van der Waals surface area contributed by atoms with Gasteiger partial charge in [0, 0.05) is 22.5 Å². The number of allylic oxidation sites excluding steroid dienone is 1. The monoisotopic (exact) mass is 410 g/mol. The predicted octanol–water partition coefficient (Wildman–Crippen LogP) is 6.67. The molecule has 6 heteroatoms. The minimum absolute atomic E-state index is 0. The highest BCUT2D eigenvalue weighted by Crippen LogP contribution is 2.30. The first-order chi connectivity index (χ1) is 11.6. The lowest BCUT2D eigenvalue weighted by atomic mass is 10.1. The summed E-state index contributed by atoms with van der Waals surface area (Å²) in [5.74, 6) is 0. The molecule has 0 fully saturated rings. The molecule has 0 saturated heterocycles. The first-order valence-corrected chi connectivity index (χ1v) is 9.08. The maximum absolute atomic E-state index is 6.38. The molecule has 1 heterocycles. The van der Waals surface area contributed by atoms with E-state index < -0.39 is 0 Å². The standard InChI is InChI=1S/C19H16Cl2N2S.ClH/c1-3-9-23-18(16-8-7-14(20)11-17(16)21)12-24-19(23)22-15-6-4-5-13(2)10-15;/h3-8,10-12H,1,9H2,2H3;1H. The van der Waals surface area contributed by atoms with E-state index in [2.05, 4.69) is 35.6 Å². The van der Waals surface area contributed by atoms with E-state index >= 15 is 0 Å². The highest BCUT2D eigenvalue weighted by Gasteiger charge is 2.11. The molecule has 0 spiro atoms. The zero-order chi connectivity index (χ0) is 17.1. The van der Waals surface area contributed by atoms with Gasteiger partial charge < -0.3 is 4.57 Å². The van der Waals surface area contributed by atoms with Crippen LogP contribution in [0.25, 0.3) is 11.3 Å². The summed E-state index contributed by atoms with van der Waals surface area (Å²) >= 11 is 14.0. The quantitative estimate of drug-likeness (QED) is 0.426. The Morgan fingerprint density at radius 1 is 1.20 bits per heavy atom. The molecule has 0 atom stereocenters. The lowest BCUT2D eigenvalue weighted by Crippen LogP contribution is -2.14. The summed E-state index contributed by atoms with van der Waals surface area (Å²) in [6.45, 7) is 6.57. The van der Waals surface area contributed by atoms with Crippen LogP contribution in [-0.2, 0) is 6.54 Å². The third kappa shape index (κ3) is 4.56. The van der Waals surface area contributed by atoms with Gasteiger partial charge in [-0.05, 0) is 42.8 Å². The van der Waals surface area contributed by atoms with Crippen molar-refractivity contribution in [2.24, 2.45) is 4.99 Å². The lowest BCUT2D eigenvalue weighted by Gasteiger charge is -2.08. The summed E-state index contributed by atoms with van der Waals surface area (Å²) in [5, 5.41) is 3.31. The van der Waals surface area contributed by atoms with Gasteiger partial charge in [-0.25, -0.2) is 4.99 Å². The fourth-order valence-corrected chi connectivity index (χ4v) is 3.88. The average molecular weight is 412 g/mol. The molecule has 3 rings (SSSR count). The predicted molar refractivity (Wildman–Crippen MR) is 112 cm³/mol. The first kappa shape index (κ1) is 19.8. The van der Waals surface area contributed by atoms with Gasteiger partial charge in [0.1, 0.15) is 0 Å². The lowest BCUT2D eigenvalue weighted by molar-refractivity contribution is 0.800. The molecule has 0 aliphatic heterocycles. The van der Waals surface area contributed by atoms with Crippen LogP contribution < -0.4 is 4.80 Å². The molecule has 0 bridgehead atoms. The van der Waals surface area contributed by atoms with Crippen LogP contribution >= 0.6 is 46.9 Å². The van der Waals surface area contributed by atoms with E-state index in [1.807, 2.05) is 30.3 Å². The van der Waals surface area contributed by atoms with Crippen LogP contribution in [-0.4, -0.2) is 4.57 Å². The molecule has 0 unspecified atom stereocenters. The number of aryl methyl sites for hydroxylation is 1. The largest absolute Gasteiger partial charge is 0.313 e. The fraction of sp³-hybridized carbons (Fsp3) is 0.105. The maximum Gasteiger partial charge on any atom is 0.190 e. The Morgan fingerprint density at radius 3 is 2.68 bits per heavy atom. The van der Waals surface area contributed by atoms with Gasteiger partial charge in [0.05, 0.1) is 16.4 Å². The summed E-state index contributed by atoms with van der Waals surface area (Å²) in [6.07, 6.45) is 1.86. The van der Waals surface area contributed by atoms with Gasteiger partial charge in [-0.3, -0.25) is 0 Å². The van der Waals surface area contributed by atoms with Crippen molar-refractivity contribution in [1.82, 2.24) is 4.57 Å². The molecule has 3 aromatic rings. The second-order valence-electron chi connectivity index (χ2n) is 5.38. The number of rotatable bonds is 4. The van der Waals surface area contributed by atoms with Crippen molar-refractivity contribution in [3.63, 3.8) is 0 Å². The van der Waals surface area contributed by atoms with E-state index in [4.69, 9.17) is 28.2 Å². The number of halogens is 3. The van der Waals surface area contributed by atoms with Crippen molar-refractivity contribution in [2.75, 3.05) is 0 Å². The Morgan fingerprint density at radius 2 is 2.00 bits per heavy atom. The molecule has 0 aliphatic carbocycles. The summed E-state index contributed by atoms with van der Waals surface area (Å²) in [5.41, 5.74) is 4.06. The zero-order valence-electron chi connectivity index (χ0n) is 13.6. The highest BCUT2D eigenvalue weighted by molar-refractivity contribution is 7.07. The van der Waals surface area contributed by atoms with Crippen molar-refractivity contribution >= 4 is 52.6 Å². The number of aromatic nitrogens is 1. The third-order valence-electron chi connectivity index (χ3n) is 3.54. The van der Waals surface area contributed by atoms with E-state index in [1.165, 1.54) is 5.56 Å². The zero-order valence-corrected chi connectivity index (χ0v) is 16.7. The van der Waals surface area contributed by atoms with Crippen LogP contribution in [0.4, 0.5) is 5.69 Å². The minimum atomic E-state index is 0. The van der Waals surface area contributed by atoms with E-state index in [0.29, 0.717) is 16.6 Å². The summed E-state index contributed by atoms with van der Waals surface area (Å²) in [4.78, 5) is 5.68. The average Bonchev–Trinajstić information content (AvgIpc) is 2.91. The molecule has 0 saturated carbocycles. The first-order valence-electron chi connectivity index (χ1n) is 7.44. The number of nitrogens with zero attached hydrogens (tertiary/aromatic N) is 2. The normalized spacial score (nSPS) is 11.2. The molecule has 0 N–H and O–H groups in total. The number of hydrogen-bond acceptors (Lipinski definition) is 2. The molecule has 0 amide bonds. The minimum Gasteiger partial charge on any atom is -0.313 e. The number of thiazole rings is 1. The van der Waals surface area contributed by atoms with Crippen LogP contribution in [0, 0.1) is 6.92 Å². The Bertz CT molecular complexity index is 957. The van der Waals surface area contributed by atoms with E-state index in [1.54, 1.807) is 17.4 Å². The smallest absolute Gasteiger partial charge is 0.190 e. The van der Waals surface area contributed by atoms with Gasteiger partial charge in [0.2, 0.25) is 0 Å². The van der Waals surface area contributed by atoms with Crippen molar-refractivity contribution in [3.8, 4) is 11.3 Å². The van der Waals surface area contributed by atoms with Crippen LogP contribution in [0.5, 0.6) is 0 Å². The maximum atomic E-state index is 6.38. The Balaban J connectivity index is 0.00000225. The summed E-state index contributed by atoms with van der Waals surface area (Å²) in [7, 11) is 0. The van der Waals surface area contributed by atoms with Gasteiger partial charge in [0.25, 0.3) is 0 Å². The number of hydrogen-bond donors (Lipinski definition) is 0. The molecule has 0 radical (unpaired) electrons. The van der Waals surface area contributed by atoms with Crippen molar-refractivity contribution in [2.45, 2.75) is 13.5 Å². The second-order valence-corrected chi connectivity index (χ2v) is 7.06. The van der Waals surface area contributed by atoms with Gasteiger partial charge in [-0.1, -0.05) is 41.4 Å². The van der Waals surface area contributed by atoms with Gasteiger partial charge in [-0.2, -0.15) is 0 Å². The SMILES string of the molecule is C=CCn1c(-c2ccc(Cl)cc2Cl)csc1=Nc1cccc(C)c1.Cl.